The number of nitrogens with two attached hydrogens (primary N) is 1. The molecular weight excluding hydrogens is 240 g/mol. The zero-order valence-corrected chi connectivity index (χ0v) is 12.0. The number of amides is 1. The molecule has 0 aromatic heterocycles. The van der Waals surface area contributed by atoms with Gasteiger partial charge in [-0.15, -0.1) is 0 Å². The van der Waals surface area contributed by atoms with Gasteiger partial charge in [0.25, 0.3) is 0 Å². The van der Waals surface area contributed by atoms with Gasteiger partial charge >= 0.3 is 0 Å². The molecule has 0 aliphatic rings. The molecule has 1 aromatic carbocycles. The Morgan fingerprint density at radius 2 is 1.95 bits per heavy atom. The number of benzene rings is 1. The molecular formula is C15H24N2O2. The van der Waals surface area contributed by atoms with Crippen LogP contribution in [0.3, 0.4) is 0 Å². The van der Waals surface area contributed by atoms with Crippen LogP contribution in [-0.4, -0.2) is 17.6 Å². The molecule has 0 heterocycles. The molecule has 0 unspecified atom stereocenters. The summed E-state index contributed by atoms with van der Waals surface area (Å²) in [5, 5.41) is 12.6. The summed E-state index contributed by atoms with van der Waals surface area (Å²) in [6, 6.07) is 5.26. The van der Waals surface area contributed by atoms with E-state index >= 15 is 0 Å². The number of carbonyl (C=O) groups is 1. The molecule has 0 bridgehead atoms. The van der Waals surface area contributed by atoms with Crippen LogP contribution in [0.15, 0.2) is 18.2 Å². The van der Waals surface area contributed by atoms with E-state index < -0.39 is 5.41 Å². The van der Waals surface area contributed by atoms with Gasteiger partial charge in [0.2, 0.25) is 5.91 Å². The second-order valence-corrected chi connectivity index (χ2v) is 4.85. The van der Waals surface area contributed by atoms with Gasteiger partial charge in [-0.25, -0.2) is 0 Å². The van der Waals surface area contributed by atoms with Crippen LogP contribution < -0.4 is 11.1 Å². The summed E-state index contributed by atoms with van der Waals surface area (Å²) < 4.78 is 0. The van der Waals surface area contributed by atoms with Crippen LogP contribution in [0.2, 0.25) is 0 Å². The summed E-state index contributed by atoms with van der Waals surface area (Å²) in [6.07, 6.45) is 2.22. The molecule has 0 fully saturated rings. The molecule has 0 atom stereocenters. The topological polar surface area (TPSA) is 75.3 Å². The molecule has 0 spiro atoms. The van der Waals surface area contributed by atoms with E-state index in [9.17, 15) is 9.90 Å². The van der Waals surface area contributed by atoms with E-state index in [4.69, 9.17) is 5.73 Å². The van der Waals surface area contributed by atoms with Crippen LogP contribution in [0, 0.1) is 5.41 Å². The molecule has 4 N–H and O–H groups in total. The molecule has 0 radical (unpaired) electrons. The summed E-state index contributed by atoms with van der Waals surface area (Å²) in [4.78, 5) is 12.4. The Morgan fingerprint density at radius 3 is 2.42 bits per heavy atom. The minimum Gasteiger partial charge on any atom is -0.506 e. The van der Waals surface area contributed by atoms with Crippen molar-refractivity contribution in [2.24, 2.45) is 11.1 Å². The molecule has 1 aromatic rings. The number of anilines is 1. The second-order valence-electron chi connectivity index (χ2n) is 4.85. The number of aromatic hydroxyl groups is 1. The smallest absolute Gasteiger partial charge is 0.231 e. The minimum atomic E-state index is -0.561. The number of phenols is 1. The van der Waals surface area contributed by atoms with E-state index in [1.165, 1.54) is 0 Å². The average molecular weight is 264 g/mol. The van der Waals surface area contributed by atoms with E-state index in [1.807, 2.05) is 26.8 Å². The fourth-order valence-corrected chi connectivity index (χ4v) is 2.11. The van der Waals surface area contributed by atoms with Gasteiger partial charge in [0.1, 0.15) is 5.75 Å². The quantitative estimate of drug-likeness (QED) is 0.691. The van der Waals surface area contributed by atoms with Crippen molar-refractivity contribution < 1.29 is 9.90 Å². The first-order valence-corrected chi connectivity index (χ1v) is 6.86. The number of hydrogen-bond donors (Lipinski definition) is 3. The molecule has 1 rings (SSSR count). The maximum atomic E-state index is 12.4. The van der Waals surface area contributed by atoms with Gasteiger partial charge < -0.3 is 16.2 Å². The Balaban J connectivity index is 2.98. The predicted octanol–water partition coefficient (Wildman–Crippen LogP) is 2.66. The van der Waals surface area contributed by atoms with Crippen LogP contribution in [0.5, 0.6) is 5.75 Å². The lowest BCUT2D eigenvalue weighted by Gasteiger charge is -2.28. The van der Waals surface area contributed by atoms with Gasteiger partial charge in [0.15, 0.2) is 0 Å². The molecule has 0 saturated carbocycles. The van der Waals surface area contributed by atoms with Crippen LogP contribution >= 0.6 is 0 Å². The monoisotopic (exact) mass is 264 g/mol. The Bertz CT molecular complexity index is 432. The van der Waals surface area contributed by atoms with E-state index in [0.29, 0.717) is 25.1 Å². The molecule has 0 aliphatic heterocycles. The molecule has 0 saturated heterocycles. The van der Waals surface area contributed by atoms with Crippen molar-refractivity contribution >= 4 is 11.6 Å². The predicted molar refractivity (Wildman–Crippen MR) is 78.2 cm³/mol. The van der Waals surface area contributed by atoms with Gasteiger partial charge in [-0.3, -0.25) is 4.79 Å². The van der Waals surface area contributed by atoms with E-state index in [-0.39, 0.29) is 11.7 Å². The lowest BCUT2D eigenvalue weighted by molar-refractivity contribution is -0.125. The van der Waals surface area contributed by atoms with Crippen LogP contribution in [-0.2, 0) is 11.2 Å². The first-order valence-electron chi connectivity index (χ1n) is 6.86. The van der Waals surface area contributed by atoms with Crippen molar-refractivity contribution in [3.63, 3.8) is 0 Å². The summed E-state index contributed by atoms with van der Waals surface area (Å²) in [5.41, 5.74) is 6.72. The molecule has 4 nitrogen and oxygen atoms in total. The number of rotatable bonds is 6. The Labute approximate surface area is 115 Å². The lowest BCUT2D eigenvalue weighted by Crippen LogP contribution is -2.41. The first kappa shape index (κ1) is 15.5. The Hall–Kier alpha value is -1.55. The molecule has 106 valence electrons. The zero-order chi connectivity index (χ0) is 14.5. The normalized spacial score (nSPS) is 11.4. The van der Waals surface area contributed by atoms with Crippen molar-refractivity contribution in [1.29, 1.82) is 0 Å². The number of nitrogens with one attached hydrogen (secondary N) is 1. The van der Waals surface area contributed by atoms with Crippen molar-refractivity contribution in [3.05, 3.63) is 23.8 Å². The van der Waals surface area contributed by atoms with Crippen molar-refractivity contribution in [1.82, 2.24) is 0 Å². The van der Waals surface area contributed by atoms with Crippen LogP contribution in [0.25, 0.3) is 0 Å². The molecule has 1 amide bonds. The number of aryl methyl sites for hydroxylation is 1. The van der Waals surface area contributed by atoms with Crippen molar-refractivity contribution in [3.8, 4) is 5.75 Å². The van der Waals surface area contributed by atoms with E-state index in [2.05, 4.69) is 5.32 Å². The third-order valence-corrected chi connectivity index (χ3v) is 3.94. The third-order valence-electron chi connectivity index (χ3n) is 3.94. The summed E-state index contributed by atoms with van der Waals surface area (Å²) in [6.45, 7) is 6.25. The maximum absolute atomic E-state index is 12.4. The SMILES string of the molecule is CCc1ccc(O)c(NC(=O)C(CC)(CC)CN)c1. The molecule has 4 heteroatoms. The highest BCUT2D eigenvalue weighted by atomic mass is 16.3. The highest BCUT2D eigenvalue weighted by Crippen LogP contribution is 2.30. The summed E-state index contributed by atoms with van der Waals surface area (Å²) in [7, 11) is 0. The average Bonchev–Trinajstić information content (AvgIpc) is 2.44. The van der Waals surface area contributed by atoms with Gasteiger partial charge in [0, 0.05) is 6.54 Å². The summed E-state index contributed by atoms with van der Waals surface area (Å²) >= 11 is 0. The lowest BCUT2D eigenvalue weighted by atomic mass is 9.81. The molecule has 19 heavy (non-hydrogen) atoms. The number of phenolic OH excluding ortho intramolecular Hbond substituents is 1. The van der Waals surface area contributed by atoms with Gasteiger partial charge in [-0.05, 0) is 37.0 Å². The fraction of sp³-hybridized carbons (Fsp3) is 0.533. The third kappa shape index (κ3) is 3.26. The standard InChI is InChI=1S/C15H24N2O2/c1-4-11-7-8-13(18)12(9-11)17-14(19)15(5-2,6-3)10-16/h7-9,18H,4-6,10,16H2,1-3H3,(H,17,19). The maximum Gasteiger partial charge on any atom is 0.231 e. The van der Waals surface area contributed by atoms with Gasteiger partial charge in [-0.2, -0.15) is 0 Å². The zero-order valence-electron chi connectivity index (χ0n) is 12.0. The summed E-state index contributed by atoms with van der Waals surface area (Å²) in [5.74, 6) is -0.0350. The van der Waals surface area contributed by atoms with E-state index in [0.717, 1.165) is 12.0 Å². The van der Waals surface area contributed by atoms with Crippen molar-refractivity contribution in [2.75, 3.05) is 11.9 Å². The largest absolute Gasteiger partial charge is 0.506 e. The Morgan fingerprint density at radius 1 is 1.32 bits per heavy atom. The Kier molecular flexibility index (Phi) is 5.36. The minimum absolute atomic E-state index is 0.0867. The van der Waals surface area contributed by atoms with Gasteiger partial charge in [0.05, 0.1) is 11.1 Å². The number of carbonyl (C=O) groups excluding carboxylic acids is 1. The highest BCUT2D eigenvalue weighted by Gasteiger charge is 2.33. The van der Waals surface area contributed by atoms with Crippen LogP contribution in [0.4, 0.5) is 5.69 Å². The highest BCUT2D eigenvalue weighted by molar-refractivity contribution is 5.96. The number of hydrogen-bond acceptors (Lipinski definition) is 3. The molecule has 0 aliphatic carbocycles. The second kappa shape index (κ2) is 6.57. The first-order chi connectivity index (χ1) is 9.02. The van der Waals surface area contributed by atoms with Crippen molar-refractivity contribution in [2.45, 2.75) is 40.0 Å². The van der Waals surface area contributed by atoms with Crippen LogP contribution in [0.1, 0.15) is 39.2 Å². The van der Waals surface area contributed by atoms with E-state index in [1.54, 1.807) is 12.1 Å². The van der Waals surface area contributed by atoms with Gasteiger partial charge in [-0.1, -0.05) is 26.8 Å². The fourth-order valence-electron chi connectivity index (χ4n) is 2.11.